The number of nitrogens with two attached hydrogens (primary N) is 1. The van der Waals surface area contributed by atoms with Gasteiger partial charge in [0.1, 0.15) is 0 Å². The number of hydrogen-bond donors (Lipinski definition) is 1. The van der Waals surface area contributed by atoms with E-state index in [-0.39, 0.29) is 12.0 Å². The third-order valence-corrected chi connectivity index (χ3v) is 5.73. The molecule has 1 aliphatic heterocycles. The van der Waals surface area contributed by atoms with Crippen LogP contribution in [0.25, 0.3) is 0 Å². The predicted octanol–water partition coefficient (Wildman–Crippen LogP) is -0.452. The Morgan fingerprint density at radius 2 is 2.11 bits per heavy atom. The molecule has 1 heterocycles. The number of esters is 1. The Kier molecular flexibility index (Phi) is 3.93. The van der Waals surface area contributed by atoms with E-state index >= 15 is 0 Å². The molecule has 3 atom stereocenters. The number of carbonyl (C=O) groups is 1. The van der Waals surface area contributed by atoms with Crippen LogP contribution in [0.2, 0.25) is 0 Å². The topological polar surface area (TPSA) is 89.7 Å². The summed E-state index contributed by atoms with van der Waals surface area (Å²) >= 11 is 0. The van der Waals surface area contributed by atoms with E-state index in [1.165, 1.54) is 11.4 Å². The average Bonchev–Trinajstić information content (AvgIpc) is 2.74. The molecule has 6 nitrogen and oxygen atoms in total. The fourth-order valence-electron chi connectivity index (χ4n) is 3.00. The fraction of sp³-hybridized carbons (Fsp3) is 0.909. The number of nitrogens with zero attached hydrogens (tertiary/aromatic N) is 1. The van der Waals surface area contributed by atoms with Crippen LogP contribution < -0.4 is 5.73 Å². The molecule has 0 aromatic rings. The van der Waals surface area contributed by atoms with E-state index in [1.54, 1.807) is 0 Å². The summed E-state index contributed by atoms with van der Waals surface area (Å²) in [6, 6.07) is 0.0853. The van der Waals surface area contributed by atoms with Gasteiger partial charge in [0.15, 0.2) is 5.75 Å². The van der Waals surface area contributed by atoms with E-state index < -0.39 is 21.7 Å². The minimum Gasteiger partial charge on any atom is -0.468 e. The Hall–Kier alpha value is -0.660. The van der Waals surface area contributed by atoms with Crippen molar-refractivity contribution in [3.8, 4) is 0 Å². The van der Waals surface area contributed by atoms with Gasteiger partial charge in [-0.2, -0.15) is 0 Å². The van der Waals surface area contributed by atoms with Gasteiger partial charge in [0.05, 0.1) is 7.11 Å². The molecule has 2 rings (SSSR count). The second-order valence-corrected chi connectivity index (χ2v) is 7.14. The van der Waals surface area contributed by atoms with Crippen LogP contribution in [0.1, 0.15) is 19.3 Å². The third kappa shape index (κ3) is 2.67. The highest BCUT2D eigenvalue weighted by molar-refractivity contribution is 7.89. The van der Waals surface area contributed by atoms with Gasteiger partial charge in [-0.25, -0.2) is 12.7 Å². The Morgan fingerprint density at radius 3 is 2.72 bits per heavy atom. The molecule has 0 radical (unpaired) electrons. The summed E-state index contributed by atoms with van der Waals surface area (Å²) in [7, 11) is -2.36. The van der Waals surface area contributed by atoms with Crippen molar-refractivity contribution in [3.63, 3.8) is 0 Å². The summed E-state index contributed by atoms with van der Waals surface area (Å²) in [5, 5.41) is 0. The summed E-state index contributed by atoms with van der Waals surface area (Å²) in [4.78, 5) is 11.1. The SMILES string of the molecule is COC(=O)CS(=O)(=O)N1CC2CCCC(N)C2C1. The molecule has 7 heteroatoms. The molecule has 18 heavy (non-hydrogen) atoms. The second kappa shape index (κ2) is 5.14. The molecule has 0 bridgehead atoms. The lowest BCUT2D eigenvalue weighted by molar-refractivity contribution is -0.137. The molecule has 104 valence electrons. The third-order valence-electron chi connectivity index (χ3n) is 4.04. The molecule has 2 aliphatic rings. The molecular formula is C11H20N2O4S. The summed E-state index contributed by atoms with van der Waals surface area (Å²) in [5.74, 6) is -0.695. The quantitative estimate of drug-likeness (QED) is 0.705. The minimum absolute atomic E-state index is 0.0853. The molecule has 1 saturated carbocycles. The number of hydrogen-bond acceptors (Lipinski definition) is 5. The van der Waals surface area contributed by atoms with Gasteiger partial charge in [-0.3, -0.25) is 4.79 Å². The van der Waals surface area contributed by atoms with Crippen molar-refractivity contribution in [1.29, 1.82) is 0 Å². The molecule has 0 spiro atoms. The van der Waals surface area contributed by atoms with Gasteiger partial charge in [0.2, 0.25) is 10.0 Å². The zero-order chi connectivity index (χ0) is 13.3. The average molecular weight is 276 g/mol. The monoisotopic (exact) mass is 276 g/mol. The van der Waals surface area contributed by atoms with Crippen LogP contribution in [0.4, 0.5) is 0 Å². The highest BCUT2D eigenvalue weighted by Crippen LogP contribution is 2.36. The Balaban J connectivity index is 2.05. The van der Waals surface area contributed by atoms with E-state index in [9.17, 15) is 13.2 Å². The van der Waals surface area contributed by atoms with Crippen molar-refractivity contribution in [2.45, 2.75) is 25.3 Å². The normalized spacial score (nSPS) is 33.1. The van der Waals surface area contributed by atoms with Gasteiger partial charge in [-0.05, 0) is 24.7 Å². The number of methoxy groups -OCH3 is 1. The summed E-state index contributed by atoms with van der Waals surface area (Å²) in [5.41, 5.74) is 6.04. The molecule has 2 fully saturated rings. The number of ether oxygens (including phenoxy) is 1. The highest BCUT2D eigenvalue weighted by atomic mass is 32.2. The zero-order valence-corrected chi connectivity index (χ0v) is 11.4. The van der Waals surface area contributed by atoms with Crippen molar-refractivity contribution in [2.75, 3.05) is 26.0 Å². The van der Waals surface area contributed by atoms with Gasteiger partial charge in [0.25, 0.3) is 0 Å². The van der Waals surface area contributed by atoms with Crippen molar-refractivity contribution in [3.05, 3.63) is 0 Å². The minimum atomic E-state index is -3.55. The van der Waals surface area contributed by atoms with E-state index in [4.69, 9.17) is 5.73 Å². The molecule has 0 aromatic heterocycles. The van der Waals surface area contributed by atoms with Crippen LogP contribution >= 0.6 is 0 Å². The van der Waals surface area contributed by atoms with Crippen molar-refractivity contribution >= 4 is 16.0 Å². The lowest BCUT2D eigenvalue weighted by Gasteiger charge is -2.29. The molecular weight excluding hydrogens is 256 g/mol. The second-order valence-electron chi connectivity index (χ2n) is 5.17. The van der Waals surface area contributed by atoms with Gasteiger partial charge >= 0.3 is 5.97 Å². The van der Waals surface area contributed by atoms with Crippen LogP contribution in [0, 0.1) is 11.8 Å². The number of sulfonamides is 1. The maximum absolute atomic E-state index is 12.0. The van der Waals surface area contributed by atoms with Gasteiger partial charge in [-0.1, -0.05) is 6.42 Å². The van der Waals surface area contributed by atoms with Crippen LogP contribution in [0.15, 0.2) is 0 Å². The molecule has 3 unspecified atom stereocenters. The molecule has 1 aliphatic carbocycles. The van der Waals surface area contributed by atoms with Crippen LogP contribution in [0.5, 0.6) is 0 Å². The Bertz CT molecular complexity index is 423. The standard InChI is InChI=1S/C11H20N2O4S/c1-17-11(14)7-18(15,16)13-5-8-3-2-4-10(12)9(8)6-13/h8-10H,2-7,12H2,1H3. The van der Waals surface area contributed by atoms with E-state index in [2.05, 4.69) is 4.74 Å². The molecule has 2 N–H and O–H groups in total. The number of rotatable bonds is 3. The summed E-state index contributed by atoms with van der Waals surface area (Å²) in [6.07, 6.45) is 3.06. The fourth-order valence-corrected chi connectivity index (χ4v) is 4.42. The first-order valence-corrected chi connectivity index (χ1v) is 7.85. The van der Waals surface area contributed by atoms with Gasteiger partial charge in [0, 0.05) is 19.1 Å². The van der Waals surface area contributed by atoms with Crippen LogP contribution in [-0.4, -0.2) is 50.7 Å². The molecule has 0 amide bonds. The van der Waals surface area contributed by atoms with Crippen molar-refractivity contribution in [1.82, 2.24) is 4.31 Å². The molecule has 0 aromatic carbocycles. The first-order valence-electron chi connectivity index (χ1n) is 6.24. The zero-order valence-electron chi connectivity index (χ0n) is 10.5. The maximum Gasteiger partial charge on any atom is 0.322 e. The smallest absolute Gasteiger partial charge is 0.322 e. The first-order chi connectivity index (χ1) is 8.44. The van der Waals surface area contributed by atoms with Crippen LogP contribution in [0.3, 0.4) is 0 Å². The Morgan fingerprint density at radius 1 is 1.39 bits per heavy atom. The number of carbonyl (C=O) groups excluding carboxylic acids is 1. The van der Waals surface area contributed by atoms with Crippen LogP contribution in [-0.2, 0) is 19.6 Å². The van der Waals surface area contributed by atoms with E-state index in [0.29, 0.717) is 19.0 Å². The Labute approximate surface area is 108 Å². The van der Waals surface area contributed by atoms with Gasteiger partial charge < -0.3 is 10.5 Å². The largest absolute Gasteiger partial charge is 0.468 e. The van der Waals surface area contributed by atoms with Gasteiger partial charge in [-0.15, -0.1) is 0 Å². The van der Waals surface area contributed by atoms with E-state index in [1.807, 2.05) is 0 Å². The lowest BCUT2D eigenvalue weighted by Crippen LogP contribution is -2.39. The number of fused-ring (bicyclic) bond motifs is 1. The maximum atomic E-state index is 12.0. The van der Waals surface area contributed by atoms with Crippen molar-refractivity contribution in [2.24, 2.45) is 17.6 Å². The summed E-state index contributed by atoms with van der Waals surface area (Å²) < 4.78 is 29.9. The predicted molar refractivity (Wildman–Crippen MR) is 66.2 cm³/mol. The summed E-state index contributed by atoms with van der Waals surface area (Å²) in [6.45, 7) is 0.947. The highest BCUT2D eigenvalue weighted by Gasteiger charge is 2.43. The molecule has 1 saturated heterocycles. The van der Waals surface area contributed by atoms with E-state index in [0.717, 1.165) is 19.3 Å². The first kappa shape index (κ1) is 13.8. The lowest BCUT2D eigenvalue weighted by atomic mass is 9.78. The van der Waals surface area contributed by atoms with Crippen molar-refractivity contribution < 1.29 is 17.9 Å².